The first kappa shape index (κ1) is 19.9. The molecule has 3 aromatic rings. The first-order valence-corrected chi connectivity index (χ1v) is 9.05. The second-order valence-electron chi connectivity index (χ2n) is 6.51. The molecule has 0 aliphatic carbocycles. The van der Waals surface area contributed by atoms with Crippen molar-refractivity contribution in [1.82, 2.24) is 0 Å². The zero-order chi connectivity index (χ0) is 20.8. The predicted octanol–water partition coefficient (Wildman–Crippen LogP) is 4.01. The monoisotopic (exact) mass is 388 g/mol. The molecule has 0 fully saturated rings. The van der Waals surface area contributed by atoms with E-state index in [2.05, 4.69) is 5.32 Å². The average molecular weight is 388 g/mol. The van der Waals surface area contributed by atoms with E-state index in [0.29, 0.717) is 11.3 Å². The third-order valence-corrected chi connectivity index (χ3v) is 4.59. The van der Waals surface area contributed by atoms with E-state index in [1.54, 1.807) is 38.3 Å². The van der Waals surface area contributed by atoms with Crippen molar-refractivity contribution in [3.8, 4) is 11.8 Å². The summed E-state index contributed by atoms with van der Waals surface area (Å²) in [4.78, 5) is 24.5. The van der Waals surface area contributed by atoms with Crippen LogP contribution in [0.2, 0.25) is 0 Å². The summed E-state index contributed by atoms with van der Waals surface area (Å²) in [5, 5.41) is 13.6. The van der Waals surface area contributed by atoms with Crippen LogP contribution in [0.3, 0.4) is 0 Å². The lowest BCUT2D eigenvalue weighted by atomic mass is 9.98. The van der Waals surface area contributed by atoms with Crippen molar-refractivity contribution < 1.29 is 19.1 Å². The zero-order valence-corrected chi connectivity index (χ0v) is 16.1. The number of anilines is 1. The Morgan fingerprint density at radius 3 is 2.55 bits per heavy atom. The fourth-order valence-electron chi connectivity index (χ4n) is 2.91. The minimum atomic E-state index is -0.527. The van der Waals surface area contributed by atoms with Gasteiger partial charge in [0, 0.05) is 0 Å². The third-order valence-electron chi connectivity index (χ3n) is 4.59. The number of methoxy groups -OCH3 is 1. The number of nitriles is 1. The molecule has 3 aromatic carbocycles. The Labute approximate surface area is 168 Å². The molecule has 0 heterocycles. The number of amides is 1. The highest BCUT2D eigenvalue weighted by Gasteiger charge is 2.19. The van der Waals surface area contributed by atoms with Crippen LogP contribution >= 0.6 is 0 Å². The van der Waals surface area contributed by atoms with Gasteiger partial charge in [0.1, 0.15) is 11.8 Å². The Morgan fingerprint density at radius 1 is 1.07 bits per heavy atom. The molecular formula is C23H20N2O4. The van der Waals surface area contributed by atoms with Gasteiger partial charge in [-0.05, 0) is 47.5 Å². The number of nitrogens with zero attached hydrogens (tertiary/aromatic N) is 1. The summed E-state index contributed by atoms with van der Waals surface area (Å²) in [7, 11) is 1.61. The third kappa shape index (κ3) is 4.71. The standard InChI is InChI=1S/C23H20N2O4/c1-15(16-7-8-18-12-20(28-2)10-9-17(18)11-16)23(27)29-14-22(26)25-21-6-4-3-5-19(21)13-24/h3-12,15H,14H2,1-2H3,(H,25,26)/t15-/m1/s1. The highest BCUT2D eigenvalue weighted by atomic mass is 16.5. The zero-order valence-electron chi connectivity index (χ0n) is 16.1. The quantitative estimate of drug-likeness (QED) is 0.645. The molecule has 6 nitrogen and oxygen atoms in total. The Bertz CT molecular complexity index is 1100. The van der Waals surface area contributed by atoms with Crippen LogP contribution in [-0.4, -0.2) is 25.6 Å². The summed E-state index contributed by atoms with van der Waals surface area (Å²) in [5.41, 5.74) is 1.52. The van der Waals surface area contributed by atoms with Gasteiger partial charge >= 0.3 is 5.97 Å². The van der Waals surface area contributed by atoms with Crippen molar-refractivity contribution >= 4 is 28.3 Å². The molecule has 29 heavy (non-hydrogen) atoms. The first-order valence-electron chi connectivity index (χ1n) is 9.05. The number of carbonyl (C=O) groups is 2. The molecule has 1 amide bonds. The number of fused-ring (bicyclic) bond motifs is 1. The average Bonchev–Trinajstić information content (AvgIpc) is 2.76. The van der Waals surface area contributed by atoms with Crippen LogP contribution in [0, 0.1) is 11.3 Å². The molecular weight excluding hydrogens is 368 g/mol. The van der Waals surface area contributed by atoms with Crippen molar-refractivity contribution in [2.45, 2.75) is 12.8 Å². The maximum atomic E-state index is 12.4. The molecule has 3 rings (SSSR count). The number of benzene rings is 3. The molecule has 0 unspecified atom stereocenters. The summed E-state index contributed by atoms with van der Waals surface area (Å²) in [6, 6.07) is 20.0. The Balaban J connectivity index is 1.62. The largest absolute Gasteiger partial charge is 0.497 e. The summed E-state index contributed by atoms with van der Waals surface area (Å²) in [6.45, 7) is 1.31. The van der Waals surface area contributed by atoms with Gasteiger partial charge in [0.25, 0.3) is 5.91 Å². The van der Waals surface area contributed by atoms with Gasteiger partial charge in [-0.3, -0.25) is 9.59 Å². The molecule has 0 spiro atoms. The fraction of sp³-hybridized carbons (Fsp3) is 0.174. The number of hydrogen-bond acceptors (Lipinski definition) is 5. The number of carbonyl (C=O) groups excluding carboxylic acids is 2. The van der Waals surface area contributed by atoms with E-state index in [1.807, 2.05) is 42.5 Å². The van der Waals surface area contributed by atoms with E-state index in [9.17, 15) is 9.59 Å². The summed E-state index contributed by atoms with van der Waals surface area (Å²) in [6.07, 6.45) is 0. The summed E-state index contributed by atoms with van der Waals surface area (Å²) < 4.78 is 10.4. The Morgan fingerprint density at radius 2 is 1.79 bits per heavy atom. The van der Waals surface area contributed by atoms with Crippen LogP contribution in [0.4, 0.5) is 5.69 Å². The minimum Gasteiger partial charge on any atom is -0.497 e. The highest BCUT2D eigenvalue weighted by Crippen LogP contribution is 2.25. The second-order valence-corrected chi connectivity index (χ2v) is 6.51. The molecule has 0 aliphatic heterocycles. The van der Waals surface area contributed by atoms with Gasteiger partial charge < -0.3 is 14.8 Å². The van der Waals surface area contributed by atoms with Crippen molar-refractivity contribution in [2.24, 2.45) is 0 Å². The van der Waals surface area contributed by atoms with Gasteiger partial charge in [0.15, 0.2) is 6.61 Å². The van der Waals surface area contributed by atoms with Crippen molar-refractivity contribution in [3.05, 3.63) is 71.8 Å². The number of hydrogen-bond donors (Lipinski definition) is 1. The van der Waals surface area contributed by atoms with E-state index >= 15 is 0 Å². The van der Waals surface area contributed by atoms with Crippen LogP contribution < -0.4 is 10.1 Å². The van der Waals surface area contributed by atoms with E-state index in [4.69, 9.17) is 14.7 Å². The normalized spacial score (nSPS) is 11.3. The smallest absolute Gasteiger partial charge is 0.313 e. The van der Waals surface area contributed by atoms with Crippen molar-refractivity contribution in [3.63, 3.8) is 0 Å². The van der Waals surface area contributed by atoms with Crippen LogP contribution in [0.5, 0.6) is 5.75 Å². The predicted molar refractivity (Wildman–Crippen MR) is 110 cm³/mol. The molecule has 1 N–H and O–H groups in total. The number of para-hydroxylation sites is 1. The topological polar surface area (TPSA) is 88.4 Å². The van der Waals surface area contributed by atoms with Crippen LogP contribution in [-0.2, 0) is 14.3 Å². The molecule has 0 aliphatic rings. The van der Waals surface area contributed by atoms with E-state index in [1.165, 1.54) is 0 Å². The lowest BCUT2D eigenvalue weighted by molar-refractivity contribution is -0.148. The highest BCUT2D eigenvalue weighted by molar-refractivity contribution is 5.94. The van der Waals surface area contributed by atoms with E-state index in [0.717, 1.165) is 22.1 Å². The summed E-state index contributed by atoms with van der Waals surface area (Å²) in [5.74, 6) is -0.761. The lowest BCUT2D eigenvalue weighted by Gasteiger charge is -2.13. The minimum absolute atomic E-state index is 0.341. The van der Waals surface area contributed by atoms with Gasteiger partial charge in [-0.15, -0.1) is 0 Å². The van der Waals surface area contributed by atoms with Crippen molar-refractivity contribution in [1.29, 1.82) is 5.26 Å². The van der Waals surface area contributed by atoms with E-state index in [-0.39, 0.29) is 0 Å². The fourth-order valence-corrected chi connectivity index (χ4v) is 2.91. The van der Waals surface area contributed by atoms with Crippen LogP contribution in [0.1, 0.15) is 24.0 Å². The summed E-state index contributed by atoms with van der Waals surface area (Å²) >= 11 is 0. The van der Waals surface area contributed by atoms with Crippen molar-refractivity contribution in [2.75, 3.05) is 19.0 Å². The lowest BCUT2D eigenvalue weighted by Crippen LogP contribution is -2.23. The van der Waals surface area contributed by atoms with Gasteiger partial charge in [-0.1, -0.05) is 36.4 Å². The van der Waals surface area contributed by atoms with Gasteiger partial charge in [-0.2, -0.15) is 5.26 Å². The second kappa shape index (κ2) is 8.89. The van der Waals surface area contributed by atoms with Gasteiger partial charge in [0.2, 0.25) is 0 Å². The van der Waals surface area contributed by atoms with Gasteiger partial charge in [-0.25, -0.2) is 0 Å². The maximum absolute atomic E-state index is 12.4. The van der Waals surface area contributed by atoms with Gasteiger partial charge in [0.05, 0.1) is 24.3 Å². The van der Waals surface area contributed by atoms with Crippen LogP contribution in [0.25, 0.3) is 10.8 Å². The SMILES string of the molecule is COc1ccc2cc([C@@H](C)C(=O)OCC(=O)Nc3ccccc3C#N)ccc2c1. The molecule has 0 radical (unpaired) electrons. The molecule has 6 heteroatoms. The number of nitrogens with one attached hydrogen (secondary N) is 1. The maximum Gasteiger partial charge on any atom is 0.313 e. The molecule has 0 saturated carbocycles. The molecule has 0 aromatic heterocycles. The molecule has 0 saturated heterocycles. The molecule has 0 bridgehead atoms. The first-order chi connectivity index (χ1) is 14.0. The van der Waals surface area contributed by atoms with E-state index < -0.39 is 24.4 Å². The number of esters is 1. The molecule has 146 valence electrons. The van der Waals surface area contributed by atoms with Crippen LogP contribution in [0.15, 0.2) is 60.7 Å². The Kier molecular flexibility index (Phi) is 6.10. The Hall–Kier alpha value is -3.85. The molecule has 1 atom stereocenters. The number of rotatable bonds is 6. The number of ether oxygens (including phenoxy) is 2.